The Balaban J connectivity index is 0. The third kappa shape index (κ3) is 6.45. The van der Waals surface area contributed by atoms with Crippen molar-refractivity contribution < 1.29 is 72.7 Å². The van der Waals surface area contributed by atoms with Gasteiger partial charge >= 0.3 is 42.1 Å². The van der Waals surface area contributed by atoms with Gasteiger partial charge in [-0.1, -0.05) is 38.5 Å². The maximum atomic E-state index is 11.9. The fourth-order valence-corrected chi connectivity index (χ4v) is 3.37. The first-order valence-electron chi connectivity index (χ1n) is 7.55. The predicted molar refractivity (Wildman–Crippen MR) is 76.6 cm³/mol. The van der Waals surface area contributed by atoms with Gasteiger partial charge in [0, 0.05) is 21.1 Å². The monoisotopic (exact) mass is 814 g/mol. The van der Waals surface area contributed by atoms with Gasteiger partial charge in [0.1, 0.15) is 0 Å². The first-order valence-corrected chi connectivity index (χ1v) is 7.55. The molecule has 0 heterocycles. The molecule has 0 aromatic rings. The van der Waals surface area contributed by atoms with Crippen molar-refractivity contribution in [2.45, 2.75) is 46.0 Å². The Labute approximate surface area is 179 Å². The first kappa shape index (κ1) is 25.8. The van der Waals surface area contributed by atoms with Crippen molar-refractivity contribution in [2.75, 3.05) is 7.11 Å². The van der Waals surface area contributed by atoms with Gasteiger partial charge in [0.15, 0.2) is 0 Å². The Morgan fingerprint density at radius 2 is 1.95 bits per heavy atom. The molecule has 2 saturated carbocycles. The van der Waals surface area contributed by atoms with Crippen molar-refractivity contribution in [1.29, 1.82) is 0 Å². The van der Waals surface area contributed by atoms with Crippen LogP contribution >= 0.6 is 0 Å². The van der Waals surface area contributed by atoms with Gasteiger partial charge in [0.25, 0.3) is 5.97 Å². The van der Waals surface area contributed by atoms with E-state index in [2.05, 4.69) is 32.6 Å². The molecule has 124 valence electrons. The van der Waals surface area contributed by atoms with Crippen LogP contribution in [-0.4, -0.2) is 13.1 Å². The molecular formula is C17H26O2W3. The Hall–Kier alpha value is 1.53. The van der Waals surface area contributed by atoms with Gasteiger partial charge < -0.3 is 42.3 Å². The minimum atomic E-state index is -0.438. The zero-order valence-electron chi connectivity index (χ0n) is 13.6. The van der Waals surface area contributed by atoms with Crippen LogP contribution in [0.2, 0.25) is 0 Å². The third-order valence-corrected chi connectivity index (χ3v) is 4.60. The number of fused-ring (bicyclic) bond motifs is 1. The number of esters is 1. The summed E-state index contributed by atoms with van der Waals surface area (Å²) in [5.74, 6) is 1.51. The molecule has 0 spiro atoms. The van der Waals surface area contributed by atoms with E-state index in [4.69, 9.17) is 4.74 Å². The van der Waals surface area contributed by atoms with Crippen LogP contribution in [0, 0.1) is 48.9 Å². The Morgan fingerprint density at radius 3 is 2.55 bits per heavy atom. The van der Waals surface area contributed by atoms with Crippen molar-refractivity contribution in [3.8, 4) is 0 Å². The van der Waals surface area contributed by atoms with Gasteiger partial charge in [-0.3, -0.25) is 4.79 Å². The largest absolute Gasteiger partial charge is 2.00 e. The van der Waals surface area contributed by atoms with E-state index in [1.54, 1.807) is 0 Å². The SMILES string of the molecule is CCCCC1[CH-]C2[CH-]C(C)(C(=O)OC)C[CH-]C2[CH-]C1.[W+2].[W+2].[W]. The van der Waals surface area contributed by atoms with Crippen LogP contribution < -0.4 is 0 Å². The summed E-state index contributed by atoms with van der Waals surface area (Å²) in [6.45, 7) is 4.24. The summed E-state index contributed by atoms with van der Waals surface area (Å²) in [6, 6.07) is 0. The smallest absolute Gasteiger partial charge is 0.471 e. The first-order chi connectivity index (χ1) is 9.09. The van der Waals surface area contributed by atoms with Crippen LogP contribution in [0.4, 0.5) is 0 Å². The molecule has 2 nitrogen and oxygen atoms in total. The molecule has 4 unspecified atom stereocenters. The summed E-state index contributed by atoms with van der Waals surface area (Å²) in [4.78, 5) is 11.9. The van der Waals surface area contributed by atoms with E-state index < -0.39 is 5.41 Å². The number of hydrogen-bond donors (Lipinski definition) is 0. The van der Waals surface area contributed by atoms with Crippen molar-refractivity contribution >= 4 is 5.97 Å². The predicted octanol–water partition coefficient (Wildman–Crippen LogP) is 3.82. The number of unbranched alkanes of at least 4 members (excludes halogenated alkanes) is 1. The van der Waals surface area contributed by atoms with E-state index in [0.29, 0.717) is 17.8 Å². The molecule has 0 aliphatic heterocycles. The van der Waals surface area contributed by atoms with E-state index >= 15 is 0 Å². The average Bonchev–Trinajstić information content (AvgIpc) is 2.43. The van der Waals surface area contributed by atoms with Crippen LogP contribution in [0.3, 0.4) is 0 Å². The Bertz CT molecular complexity index is 325. The number of hydrogen-bond acceptors (Lipinski definition) is 2. The normalized spacial score (nSPS) is 33.3. The van der Waals surface area contributed by atoms with Crippen LogP contribution in [0.1, 0.15) is 46.0 Å². The second kappa shape index (κ2) is 12.0. The average molecular weight is 814 g/mol. The quantitative estimate of drug-likeness (QED) is 0.319. The van der Waals surface area contributed by atoms with Gasteiger partial charge in [-0.25, -0.2) is 6.42 Å². The zero-order valence-corrected chi connectivity index (χ0v) is 22.4. The molecule has 22 heavy (non-hydrogen) atoms. The van der Waals surface area contributed by atoms with Crippen molar-refractivity contribution in [2.24, 2.45) is 23.2 Å². The van der Waals surface area contributed by atoms with E-state index in [9.17, 15) is 4.79 Å². The van der Waals surface area contributed by atoms with Gasteiger partial charge in [-0.15, -0.1) is 0 Å². The molecule has 0 amide bonds. The molecule has 0 saturated heterocycles. The maximum Gasteiger partial charge on any atom is 2.00 e. The van der Waals surface area contributed by atoms with E-state index in [1.165, 1.54) is 32.8 Å². The van der Waals surface area contributed by atoms with Gasteiger partial charge in [-0.05, 0) is 0 Å². The van der Waals surface area contributed by atoms with Gasteiger partial charge in [0.2, 0.25) is 0 Å². The second-order valence-corrected chi connectivity index (χ2v) is 6.24. The number of carbonyl (C=O) groups is 1. The summed E-state index contributed by atoms with van der Waals surface area (Å²) >= 11 is 0. The summed E-state index contributed by atoms with van der Waals surface area (Å²) in [5, 5.41) is 0. The van der Waals surface area contributed by atoms with Crippen molar-refractivity contribution in [1.82, 2.24) is 0 Å². The molecule has 2 rings (SSSR count). The minimum Gasteiger partial charge on any atom is -0.471 e. The fraction of sp³-hybridized carbons (Fsp3) is 0.706. The number of methoxy groups -OCH3 is 1. The second-order valence-electron chi connectivity index (χ2n) is 6.24. The third-order valence-electron chi connectivity index (χ3n) is 4.60. The Kier molecular flexibility index (Phi) is 14.0. The van der Waals surface area contributed by atoms with Crippen molar-refractivity contribution in [3.05, 3.63) is 25.7 Å². The summed E-state index contributed by atoms with van der Waals surface area (Å²) in [7, 11) is 1.48. The van der Waals surface area contributed by atoms with Crippen LogP contribution in [0.5, 0.6) is 0 Å². The molecule has 2 aliphatic carbocycles. The molecule has 0 bridgehead atoms. The standard InChI is InChI=1S/C17H26O2.3W/c1-4-5-6-13-7-8-14-9-10-17(2,16(18)19-3)12-15(14)11-13;;;/h8-9,11-15H,4-7,10H2,1-3H3;;;/q-4;;2*+2. The van der Waals surface area contributed by atoms with Crippen LogP contribution in [-0.2, 0) is 72.7 Å². The van der Waals surface area contributed by atoms with Gasteiger partial charge in [-0.2, -0.15) is 12.3 Å². The van der Waals surface area contributed by atoms with E-state index in [0.717, 1.165) is 6.42 Å². The number of ether oxygens (including phenoxy) is 1. The summed E-state index contributed by atoms with van der Waals surface area (Å²) in [5.41, 5.74) is -0.438. The molecule has 5 heteroatoms. The molecule has 0 N–H and O–H groups in total. The molecule has 0 radical (unpaired) electrons. The maximum absolute atomic E-state index is 11.9. The fourth-order valence-electron chi connectivity index (χ4n) is 3.37. The number of carbonyl (C=O) groups excluding carboxylic acids is 1. The zero-order chi connectivity index (χ0) is 13.9. The van der Waals surface area contributed by atoms with E-state index in [1.807, 2.05) is 6.92 Å². The van der Waals surface area contributed by atoms with Gasteiger partial charge in [0.05, 0.1) is 7.11 Å². The molecule has 0 aromatic carbocycles. The molecular weight excluding hydrogens is 788 g/mol. The molecule has 2 aliphatic rings. The summed E-state index contributed by atoms with van der Waals surface area (Å²) in [6.07, 6.45) is 15.3. The number of rotatable bonds is 4. The molecule has 2 fully saturated rings. The minimum absolute atomic E-state index is 0. The summed E-state index contributed by atoms with van der Waals surface area (Å²) < 4.78 is 4.95. The van der Waals surface area contributed by atoms with E-state index in [-0.39, 0.29) is 69.2 Å². The topological polar surface area (TPSA) is 26.3 Å². The van der Waals surface area contributed by atoms with Crippen LogP contribution in [0.15, 0.2) is 0 Å². The van der Waals surface area contributed by atoms with Crippen LogP contribution in [0.25, 0.3) is 0 Å². The molecule has 0 aromatic heterocycles. The Morgan fingerprint density at radius 1 is 1.27 bits per heavy atom. The molecule has 4 atom stereocenters. The van der Waals surface area contributed by atoms with Crippen molar-refractivity contribution in [3.63, 3.8) is 0 Å².